The second-order valence-corrected chi connectivity index (χ2v) is 10.7. The minimum absolute atomic E-state index is 0.0232. The summed E-state index contributed by atoms with van der Waals surface area (Å²) in [4.78, 5) is 22.8. The molecule has 27 heavy (non-hydrogen) atoms. The zero-order chi connectivity index (χ0) is 19.3. The normalized spacial score (nSPS) is 18.6. The maximum Gasteiger partial charge on any atom is 0.259 e. The molecule has 3 heterocycles. The van der Waals surface area contributed by atoms with Gasteiger partial charge >= 0.3 is 0 Å². The predicted molar refractivity (Wildman–Crippen MR) is 109 cm³/mol. The highest BCUT2D eigenvalue weighted by Crippen LogP contribution is 2.37. The van der Waals surface area contributed by atoms with Gasteiger partial charge in [0.1, 0.15) is 10.7 Å². The van der Waals surface area contributed by atoms with Crippen molar-refractivity contribution < 1.29 is 0 Å². The molecule has 3 aromatic rings. The average Bonchev–Trinajstić information content (AvgIpc) is 3.17. The van der Waals surface area contributed by atoms with Crippen molar-refractivity contribution in [1.82, 2.24) is 30.2 Å². The minimum atomic E-state index is -0.208. The summed E-state index contributed by atoms with van der Waals surface area (Å²) in [5.41, 5.74) is 0.982. The van der Waals surface area contributed by atoms with Crippen LogP contribution in [-0.2, 0) is 18.4 Å². The molecule has 7 nitrogen and oxygen atoms in total. The van der Waals surface area contributed by atoms with Crippen LogP contribution in [0.3, 0.4) is 0 Å². The first-order valence-electron chi connectivity index (χ1n) is 9.24. The average molecular weight is 405 g/mol. The predicted octanol–water partition coefficient (Wildman–Crippen LogP) is 3.70. The number of aromatic nitrogens is 6. The number of H-pyrrole nitrogens is 1. The molecule has 0 unspecified atom stereocenters. The molecule has 0 saturated heterocycles. The number of hydrogen-bond donors (Lipinski definition) is 1. The van der Waals surface area contributed by atoms with Gasteiger partial charge in [0, 0.05) is 4.88 Å². The Morgan fingerprint density at radius 2 is 2.15 bits per heavy atom. The van der Waals surface area contributed by atoms with Crippen molar-refractivity contribution in [3.8, 4) is 0 Å². The Kier molecular flexibility index (Phi) is 4.62. The van der Waals surface area contributed by atoms with Crippen LogP contribution in [-0.4, -0.2) is 30.2 Å². The van der Waals surface area contributed by atoms with Crippen molar-refractivity contribution in [2.24, 2.45) is 5.92 Å². The van der Waals surface area contributed by atoms with Crippen LogP contribution in [0.5, 0.6) is 0 Å². The Hall–Kier alpha value is -1.74. The lowest BCUT2D eigenvalue weighted by atomic mass is 9.89. The van der Waals surface area contributed by atoms with Gasteiger partial charge < -0.3 is 4.98 Å². The van der Waals surface area contributed by atoms with E-state index in [4.69, 9.17) is 4.98 Å². The van der Waals surface area contributed by atoms with Gasteiger partial charge in [-0.2, -0.15) is 0 Å². The molecule has 0 aromatic carbocycles. The van der Waals surface area contributed by atoms with E-state index >= 15 is 0 Å². The van der Waals surface area contributed by atoms with Gasteiger partial charge in [0.05, 0.1) is 16.2 Å². The van der Waals surface area contributed by atoms with Crippen molar-refractivity contribution in [3.63, 3.8) is 0 Å². The number of hydrogen-bond acceptors (Lipinski definition) is 7. The molecule has 0 saturated carbocycles. The zero-order valence-electron chi connectivity index (χ0n) is 16.2. The Morgan fingerprint density at radius 1 is 1.37 bits per heavy atom. The number of rotatable bonds is 3. The van der Waals surface area contributed by atoms with Crippen LogP contribution in [0.15, 0.2) is 9.95 Å². The van der Waals surface area contributed by atoms with E-state index in [9.17, 15) is 4.79 Å². The number of nitrogens with one attached hydrogen (secondary N) is 1. The Balaban J connectivity index is 1.68. The van der Waals surface area contributed by atoms with Crippen molar-refractivity contribution in [2.75, 3.05) is 0 Å². The first kappa shape index (κ1) is 18.6. The van der Waals surface area contributed by atoms with E-state index in [1.807, 2.05) is 6.92 Å². The molecule has 0 spiro atoms. The van der Waals surface area contributed by atoms with Crippen molar-refractivity contribution in [2.45, 2.75) is 69.8 Å². The summed E-state index contributed by atoms with van der Waals surface area (Å²) >= 11 is 3.19. The second-order valence-electron chi connectivity index (χ2n) is 8.29. The molecule has 0 fully saturated rings. The molecular weight excluding hydrogens is 380 g/mol. The number of aryl methyl sites for hydroxylation is 1. The molecule has 0 amide bonds. The summed E-state index contributed by atoms with van der Waals surface area (Å²) in [6.45, 7) is 10.5. The van der Waals surface area contributed by atoms with E-state index in [0.29, 0.717) is 11.7 Å². The van der Waals surface area contributed by atoms with Gasteiger partial charge in [-0.15, -0.1) is 16.4 Å². The number of thioether (sulfide) groups is 1. The first-order valence-corrected chi connectivity index (χ1v) is 10.9. The van der Waals surface area contributed by atoms with Crippen LogP contribution in [0, 0.1) is 5.92 Å². The van der Waals surface area contributed by atoms with Crippen molar-refractivity contribution in [3.05, 3.63) is 26.6 Å². The van der Waals surface area contributed by atoms with E-state index in [2.05, 4.69) is 48.2 Å². The molecule has 3 aromatic heterocycles. The summed E-state index contributed by atoms with van der Waals surface area (Å²) in [5, 5.41) is 13.5. The van der Waals surface area contributed by atoms with E-state index < -0.39 is 0 Å². The number of aromatic amines is 1. The van der Waals surface area contributed by atoms with Gasteiger partial charge in [0.15, 0.2) is 0 Å². The molecule has 1 aliphatic carbocycles. The third-order valence-corrected chi connectivity index (χ3v) is 7.12. The van der Waals surface area contributed by atoms with Gasteiger partial charge in [-0.1, -0.05) is 18.7 Å². The Bertz CT molecular complexity index is 1040. The number of nitrogens with zero attached hydrogens (tertiary/aromatic N) is 5. The zero-order valence-corrected chi connectivity index (χ0v) is 17.9. The molecule has 0 bridgehead atoms. The highest BCUT2D eigenvalue weighted by Gasteiger charge is 2.26. The van der Waals surface area contributed by atoms with Crippen molar-refractivity contribution in [1.29, 1.82) is 0 Å². The summed E-state index contributed by atoms with van der Waals surface area (Å²) < 4.78 is 1.80. The van der Waals surface area contributed by atoms with Gasteiger partial charge in [-0.05, 0) is 68.9 Å². The molecule has 9 heteroatoms. The van der Waals surface area contributed by atoms with E-state index in [1.165, 1.54) is 22.2 Å². The molecule has 4 rings (SSSR count). The standard InChI is InChI=1S/C18H24N6OS2/c1-9-6-7-11-12(8-9)27-16-13(11)15(25)19-14(20-16)10(2)26-17-21-22-23-24(17)18(3,4)5/h9-10H,6-8H2,1-5H3,(H,19,20,25)/t9-,10-/m0/s1. The summed E-state index contributed by atoms with van der Waals surface area (Å²) in [6.07, 6.45) is 3.17. The lowest BCUT2D eigenvalue weighted by Gasteiger charge is -2.20. The van der Waals surface area contributed by atoms with Crippen LogP contribution in [0.2, 0.25) is 0 Å². The third kappa shape index (κ3) is 3.42. The minimum Gasteiger partial charge on any atom is -0.309 e. The Morgan fingerprint density at radius 3 is 2.89 bits per heavy atom. The second kappa shape index (κ2) is 6.70. The topological polar surface area (TPSA) is 89.3 Å². The highest BCUT2D eigenvalue weighted by molar-refractivity contribution is 7.99. The summed E-state index contributed by atoms with van der Waals surface area (Å²) in [7, 11) is 0. The molecule has 2 atom stereocenters. The fourth-order valence-corrected chi connectivity index (χ4v) is 5.87. The maximum absolute atomic E-state index is 12.8. The van der Waals surface area contributed by atoms with Crippen LogP contribution >= 0.6 is 23.1 Å². The molecule has 144 valence electrons. The SMILES string of the molecule is C[C@H]1CCc2c(sc3nc([C@H](C)Sc4nnnn4C(C)(C)C)[nH]c(=O)c23)C1. The lowest BCUT2D eigenvalue weighted by molar-refractivity contribution is 0.321. The Labute approximate surface area is 166 Å². The van der Waals surface area contributed by atoms with Gasteiger partial charge in [-0.25, -0.2) is 9.67 Å². The third-order valence-electron chi connectivity index (χ3n) is 4.93. The molecule has 0 aliphatic heterocycles. The fourth-order valence-electron chi connectivity index (χ4n) is 3.45. The van der Waals surface area contributed by atoms with Crippen LogP contribution in [0.1, 0.15) is 62.6 Å². The molecule has 1 aliphatic rings. The van der Waals surface area contributed by atoms with Gasteiger partial charge in [0.2, 0.25) is 5.16 Å². The quantitative estimate of drug-likeness (QED) is 0.670. The fraction of sp³-hybridized carbons (Fsp3) is 0.611. The van der Waals surface area contributed by atoms with E-state index in [0.717, 1.165) is 34.6 Å². The van der Waals surface area contributed by atoms with Crippen molar-refractivity contribution >= 4 is 33.3 Å². The first-order chi connectivity index (χ1) is 12.7. The number of tetrazole rings is 1. The largest absolute Gasteiger partial charge is 0.309 e. The van der Waals surface area contributed by atoms with E-state index in [-0.39, 0.29) is 16.3 Å². The van der Waals surface area contributed by atoms with E-state index in [1.54, 1.807) is 16.0 Å². The van der Waals surface area contributed by atoms with Gasteiger partial charge in [0.25, 0.3) is 5.56 Å². The molecule has 0 radical (unpaired) electrons. The van der Waals surface area contributed by atoms with Crippen LogP contribution < -0.4 is 5.56 Å². The van der Waals surface area contributed by atoms with Crippen LogP contribution in [0.25, 0.3) is 10.2 Å². The highest BCUT2D eigenvalue weighted by atomic mass is 32.2. The van der Waals surface area contributed by atoms with Gasteiger partial charge in [-0.3, -0.25) is 4.79 Å². The molecular formula is C18H24N6OS2. The summed E-state index contributed by atoms with van der Waals surface area (Å²) in [6, 6.07) is 0. The number of fused-ring (bicyclic) bond motifs is 3. The summed E-state index contributed by atoms with van der Waals surface area (Å²) in [5.74, 6) is 1.35. The lowest BCUT2D eigenvalue weighted by Crippen LogP contribution is -2.24. The maximum atomic E-state index is 12.8. The monoisotopic (exact) mass is 404 g/mol. The number of thiophene rings is 1. The smallest absolute Gasteiger partial charge is 0.259 e. The van der Waals surface area contributed by atoms with Crippen LogP contribution in [0.4, 0.5) is 0 Å². The molecule has 1 N–H and O–H groups in total.